The molecule has 0 rings (SSSR count). The molecule has 0 aromatic heterocycles. The molecule has 0 heterocycles. The van der Waals surface area contributed by atoms with E-state index in [0.29, 0.717) is 5.92 Å². The Hall–Kier alpha value is -0.0500. The normalized spacial score (nSPS) is 13.3. The third-order valence-corrected chi connectivity index (χ3v) is 1.94. The van der Waals surface area contributed by atoms with Gasteiger partial charge in [-0.1, -0.05) is 20.8 Å². The van der Waals surface area contributed by atoms with Crippen LogP contribution >= 0.6 is 16.3 Å². The predicted molar refractivity (Wildman–Crippen MR) is 43.6 cm³/mol. The highest BCUT2D eigenvalue weighted by Crippen LogP contribution is 2.17. The molecule has 0 aliphatic carbocycles. The van der Waals surface area contributed by atoms with Crippen LogP contribution in [-0.2, 0) is 8.62 Å². The van der Waals surface area contributed by atoms with Crippen LogP contribution in [0.2, 0.25) is 0 Å². The van der Waals surface area contributed by atoms with Gasteiger partial charge in [-0.15, -0.1) is 0 Å². The molecule has 0 aromatic carbocycles. The zero-order chi connectivity index (χ0) is 8.15. The molecule has 60 valence electrons. The third-order valence-electron chi connectivity index (χ3n) is 1.62. The lowest BCUT2D eigenvalue weighted by molar-refractivity contribution is -0.138. The van der Waals surface area contributed by atoms with E-state index in [9.17, 15) is 4.79 Å². The van der Waals surface area contributed by atoms with Gasteiger partial charge in [-0.2, -0.15) is 0 Å². The van der Waals surface area contributed by atoms with E-state index in [2.05, 4.69) is 20.1 Å². The minimum atomic E-state index is -0.169. The lowest BCUT2D eigenvalue weighted by Crippen LogP contribution is -2.18. The molecule has 3 heteroatoms. The highest BCUT2D eigenvalue weighted by atomic mass is 79.9. The maximum atomic E-state index is 10.9. The summed E-state index contributed by atoms with van der Waals surface area (Å²) in [4.78, 5) is 10.9. The minimum Gasteiger partial charge on any atom is -0.383 e. The summed E-state index contributed by atoms with van der Waals surface area (Å²) < 4.78 is 4.44. The molecule has 0 aliphatic rings. The first-order chi connectivity index (χ1) is 4.63. The zero-order valence-electron chi connectivity index (χ0n) is 6.56. The van der Waals surface area contributed by atoms with E-state index in [1.807, 2.05) is 20.8 Å². The van der Waals surface area contributed by atoms with E-state index in [1.54, 1.807) is 0 Å². The molecular weight excluding hydrogens is 196 g/mol. The van der Waals surface area contributed by atoms with Crippen molar-refractivity contribution in [3.8, 4) is 0 Å². The van der Waals surface area contributed by atoms with Crippen molar-refractivity contribution in [2.45, 2.75) is 27.2 Å². The summed E-state index contributed by atoms with van der Waals surface area (Å²) in [5.74, 6) is 0.215. The average Bonchev–Trinajstić information content (AvgIpc) is 1.88. The van der Waals surface area contributed by atoms with Crippen molar-refractivity contribution < 1.29 is 8.62 Å². The van der Waals surface area contributed by atoms with Crippen molar-refractivity contribution in [1.29, 1.82) is 0 Å². The molecule has 0 bridgehead atoms. The minimum absolute atomic E-state index is 0.0272. The van der Waals surface area contributed by atoms with E-state index in [1.165, 1.54) is 0 Å². The molecule has 0 spiro atoms. The molecule has 1 atom stereocenters. The molecule has 1 unspecified atom stereocenters. The lowest BCUT2D eigenvalue weighted by atomic mass is 9.94. The van der Waals surface area contributed by atoms with Crippen LogP contribution in [0.5, 0.6) is 0 Å². The zero-order valence-corrected chi connectivity index (χ0v) is 8.14. The number of hydrogen-bond donors (Lipinski definition) is 0. The fraction of sp³-hybridized carbons (Fsp3) is 0.857. The molecule has 10 heavy (non-hydrogen) atoms. The summed E-state index contributed by atoms with van der Waals surface area (Å²) in [6.45, 7) is 6.00. The number of rotatable bonds is 3. The van der Waals surface area contributed by atoms with Gasteiger partial charge in [0, 0.05) is 0 Å². The second-order valence-corrected chi connectivity index (χ2v) is 2.98. The van der Waals surface area contributed by atoms with Gasteiger partial charge in [-0.05, 0) is 12.3 Å². The topological polar surface area (TPSA) is 26.3 Å². The Balaban J connectivity index is 3.93. The molecule has 0 amide bonds. The van der Waals surface area contributed by atoms with Crippen LogP contribution in [0.25, 0.3) is 0 Å². The first-order valence-electron chi connectivity index (χ1n) is 3.45. The van der Waals surface area contributed by atoms with Crippen LogP contribution in [0.15, 0.2) is 0 Å². The highest BCUT2D eigenvalue weighted by Gasteiger charge is 2.20. The number of halogens is 1. The van der Waals surface area contributed by atoms with Crippen molar-refractivity contribution in [2.75, 3.05) is 0 Å². The van der Waals surface area contributed by atoms with Gasteiger partial charge in [0.1, 0.15) is 0 Å². The SMILES string of the molecule is CCC(C(=O)OBr)C(C)C. The molecular formula is C7H13BrO2. The molecule has 0 saturated carbocycles. The third kappa shape index (κ3) is 2.69. The van der Waals surface area contributed by atoms with Gasteiger partial charge in [0.15, 0.2) is 16.3 Å². The van der Waals surface area contributed by atoms with Crippen LogP contribution in [0.4, 0.5) is 0 Å². The Bertz CT molecular complexity index is 112. The number of carbonyl (C=O) groups is 1. The number of hydrogen-bond acceptors (Lipinski definition) is 2. The second-order valence-electron chi connectivity index (χ2n) is 2.65. The summed E-state index contributed by atoms with van der Waals surface area (Å²) in [5.41, 5.74) is 0. The maximum absolute atomic E-state index is 10.9. The monoisotopic (exact) mass is 208 g/mol. The Labute approximate surface area is 70.4 Å². The summed E-state index contributed by atoms with van der Waals surface area (Å²) in [6.07, 6.45) is 0.835. The Kier molecular flexibility index (Phi) is 4.69. The van der Waals surface area contributed by atoms with E-state index in [-0.39, 0.29) is 11.9 Å². The average molecular weight is 209 g/mol. The van der Waals surface area contributed by atoms with Crippen molar-refractivity contribution in [3.05, 3.63) is 0 Å². The summed E-state index contributed by atoms with van der Waals surface area (Å²) in [7, 11) is 0. The van der Waals surface area contributed by atoms with Gasteiger partial charge >= 0.3 is 5.97 Å². The molecule has 0 radical (unpaired) electrons. The number of carbonyl (C=O) groups excluding carboxylic acids is 1. The summed E-state index contributed by atoms with van der Waals surface area (Å²) in [5, 5.41) is 0. The van der Waals surface area contributed by atoms with Crippen molar-refractivity contribution in [1.82, 2.24) is 0 Å². The predicted octanol–water partition coefficient (Wildman–Crippen LogP) is 2.52. The molecule has 0 N–H and O–H groups in total. The van der Waals surface area contributed by atoms with Gasteiger partial charge in [-0.25, -0.2) is 0 Å². The summed E-state index contributed by atoms with van der Waals surface area (Å²) in [6, 6.07) is 0. The van der Waals surface area contributed by atoms with Gasteiger partial charge in [0.05, 0.1) is 5.92 Å². The standard InChI is InChI=1S/C7H13BrO2/c1-4-6(5(2)3)7(9)10-8/h5-6H,4H2,1-3H3. The van der Waals surface area contributed by atoms with Crippen LogP contribution in [0.1, 0.15) is 27.2 Å². The van der Waals surface area contributed by atoms with Gasteiger partial charge < -0.3 is 3.83 Å². The van der Waals surface area contributed by atoms with E-state index in [0.717, 1.165) is 6.42 Å². The second kappa shape index (κ2) is 4.72. The quantitative estimate of drug-likeness (QED) is 0.713. The van der Waals surface area contributed by atoms with E-state index in [4.69, 9.17) is 0 Å². The fourth-order valence-electron chi connectivity index (χ4n) is 0.967. The van der Waals surface area contributed by atoms with Crippen LogP contribution < -0.4 is 0 Å². The van der Waals surface area contributed by atoms with Crippen molar-refractivity contribution in [3.63, 3.8) is 0 Å². The molecule has 0 aliphatic heterocycles. The van der Waals surface area contributed by atoms with Crippen LogP contribution in [0.3, 0.4) is 0 Å². The Morgan fingerprint density at radius 1 is 1.60 bits per heavy atom. The fourth-order valence-corrected chi connectivity index (χ4v) is 1.21. The maximum Gasteiger partial charge on any atom is 0.320 e. The Morgan fingerprint density at radius 2 is 2.10 bits per heavy atom. The van der Waals surface area contributed by atoms with Gasteiger partial charge in [0.25, 0.3) is 0 Å². The highest BCUT2D eigenvalue weighted by molar-refractivity contribution is 9.06. The largest absolute Gasteiger partial charge is 0.383 e. The summed E-state index contributed by atoms with van der Waals surface area (Å²) >= 11 is 2.67. The van der Waals surface area contributed by atoms with E-state index >= 15 is 0 Å². The molecule has 0 fully saturated rings. The van der Waals surface area contributed by atoms with Crippen molar-refractivity contribution in [2.24, 2.45) is 11.8 Å². The molecule has 0 aromatic rings. The van der Waals surface area contributed by atoms with Crippen molar-refractivity contribution >= 4 is 22.2 Å². The molecule has 0 saturated heterocycles. The first-order valence-corrected chi connectivity index (χ1v) is 4.10. The first kappa shape index (κ1) is 9.95. The van der Waals surface area contributed by atoms with E-state index < -0.39 is 0 Å². The van der Waals surface area contributed by atoms with Gasteiger partial charge in [-0.3, -0.25) is 4.79 Å². The Morgan fingerprint density at radius 3 is 2.20 bits per heavy atom. The lowest BCUT2D eigenvalue weighted by Gasteiger charge is -2.14. The van der Waals surface area contributed by atoms with Crippen LogP contribution in [-0.4, -0.2) is 5.97 Å². The van der Waals surface area contributed by atoms with Crippen LogP contribution in [0, 0.1) is 11.8 Å². The molecule has 2 nitrogen and oxygen atoms in total. The van der Waals surface area contributed by atoms with Gasteiger partial charge in [0.2, 0.25) is 0 Å². The smallest absolute Gasteiger partial charge is 0.320 e.